The lowest BCUT2D eigenvalue weighted by atomic mass is 9.68. The fourth-order valence-corrected chi connectivity index (χ4v) is 2.46. The summed E-state index contributed by atoms with van der Waals surface area (Å²) in [5.74, 6) is 1.68. The van der Waals surface area contributed by atoms with E-state index in [2.05, 4.69) is 11.9 Å². The van der Waals surface area contributed by atoms with Crippen LogP contribution in [0.1, 0.15) is 6.42 Å². The molecule has 1 saturated carbocycles. The van der Waals surface area contributed by atoms with Gasteiger partial charge >= 0.3 is 0 Å². The van der Waals surface area contributed by atoms with E-state index in [1.54, 1.807) is 0 Å². The molecule has 58 valence electrons. The summed E-state index contributed by atoms with van der Waals surface area (Å²) >= 11 is 0. The molecule has 0 amide bonds. The van der Waals surface area contributed by atoms with Gasteiger partial charge in [-0.25, -0.2) is 0 Å². The van der Waals surface area contributed by atoms with Gasteiger partial charge < -0.3 is 9.64 Å². The topological polar surface area (TPSA) is 12.5 Å². The molecule has 0 aromatic carbocycles. The average Bonchev–Trinajstić information content (AvgIpc) is 1.87. The molecule has 0 aromatic rings. The second kappa shape index (κ2) is 2.21. The molecule has 0 spiro atoms. The van der Waals surface area contributed by atoms with Gasteiger partial charge in [-0.1, -0.05) is 0 Å². The SMILES string of the molecule is COC1[C@@H]2C[C@H]1CN(C)C2. The first-order valence-corrected chi connectivity index (χ1v) is 4.02. The number of nitrogens with zero attached hydrogens (tertiary/aromatic N) is 1. The first kappa shape index (κ1) is 6.62. The van der Waals surface area contributed by atoms with Crippen molar-refractivity contribution in [2.24, 2.45) is 11.8 Å². The Morgan fingerprint density at radius 3 is 2.40 bits per heavy atom. The van der Waals surface area contributed by atoms with Gasteiger partial charge in [-0.05, 0) is 25.3 Å². The molecule has 2 nitrogen and oxygen atoms in total. The predicted molar refractivity (Wildman–Crippen MR) is 39.9 cm³/mol. The molecule has 10 heavy (non-hydrogen) atoms. The van der Waals surface area contributed by atoms with Crippen molar-refractivity contribution >= 4 is 0 Å². The Labute approximate surface area is 62.2 Å². The molecule has 0 N–H and O–H groups in total. The van der Waals surface area contributed by atoms with Crippen LogP contribution in [0.2, 0.25) is 0 Å². The van der Waals surface area contributed by atoms with Crippen LogP contribution in [0.4, 0.5) is 0 Å². The Hall–Kier alpha value is -0.0800. The molecule has 3 atom stereocenters. The van der Waals surface area contributed by atoms with Gasteiger partial charge in [0.05, 0.1) is 6.10 Å². The van der Waals surface area contributed by atoms with Crippen molar-refractivity contribution in [3.63, 3.8) is 0 Å². The van der Waals surface area contributed by atoms with Crippen molar-refractivity contribution in [1.29, 1.82) is 0 Å². The number of fused-ring (bicyclic) bond motifs is 2. The van der Waals surface area contributed by atoms with Crippen LogP contribution in [0.15, 0.2) is 0 Å². The third-order valence-electron chi connectivity index (χ3n) is 2.90. The molecule has 2 saturated heterocycles. The molecule has 2 aliphatic heterocycles. The number of methoxy groups -OCH3 is 1. The van der Waals surface area contributed by atoms with Crippen LogP contribution in [0.25, 0.3) is 0 Å². The van der Waals surface area contributed by atoms with Crippen LogP contribution in [-0.2, 0) is 4.74 Å². The summed E-state index contributed by atoms with van der Waals surface area (Å²) < 4.78 is 5.37. The van der Waals surface area contributed by atoms with E-state index in [1.807, 2.05) is 7.11 Å². The van der Waals surface area contributed by atoms with Gasteiger partial charge in [-0.3, -0.25) is 0 Å². The second-order valence-electron chi connectivity index (χ2n) is 3.68. The first-order chi connectivity index (χ1) is 4.81. The minimum atomic E-state index is 0.594. The van der Waals surface area contributed by atoms with Crippen molar-refractivity contribution in [3.8, 4) is 0 Å². The normalized spacial score (nSPS) is 46.8. The molecule has 2 bridgehead atoms. The fourth-order valence-electron chi connectivity index (χ4n) is 2.46. The number of rotatable bonds is 1. The Morgan fingerprint density at radius 2 is 1.90 bits per heavy atom. The van der Waals surface area contributed by atoms with Gasteiger partial charge in [0.2, 0.25) is 0 Å². The Balaban J connectivity index is 1.96. The summed E-state index contributed by atoms with van der Waals surface area (Å²) in [5, 5.41) is 0. The third kappa shape index (κ3) is 0.789. The molecular formula is C8H15NO. The van der Waals surface area contributed by atoms with Gasteiger partial charge in [0.15, 0.2) is 0 Å². The third-order valence-corrected chi connectivity index (χ3v) is 2.90. The van der Waals surface area contributed by atoms with Gasteiger partial charge in [0.25, 0.3) is 0 Å². The zero-order chi connectivity index (χ0) is 7.14. The highest BCUT2D eigenvalue weighted by atomic mass is 16.5. The quantitative estimate of drug-likeness (QED) is 0.529. The van der Waals surface area contributed by atoms with E-state index in [-0.39, 0.29) is 0 Å². The number of hydrogen-bond donors (Lipinski definition) is 0. The van der Waals surface area contributed by atoms with Gasteiger partial charge in [-0.2, -0.15) is 0 Å². The lowest BCUT2D eigenvalue weighted by molar-refractivity contribution is -0.121. The molecule has 0 aromatic heterocycles. The number of hydrogen-bond acceptors (Lipinski definition) is 2. The van der Waals surface area contributed by atoms with Crippen LogP contribution in [-0.4, -0.2) is 38.3 Å². The van der Waals surface area contributed by atoms with Gasteiger partial charge in [-0.15, -0.1) is 0 Å². The van der Waals surface area contributed by atoms with E-state index in [4.69, 9.17) is 4.74 Å². The molecule has 3 fully saturated rings. The van der Waals surface area contributed by atoms with Crippen LogP contribution in [0.5, 0.6) is 0 Å². The van der Waals surface area contributed by atoms with Crippen LogP contribution >= 0.6 is 0 Å². The summed E-state index contributed by atoms with van der Waals surface area (Å²) in [6.45, 7) is 2.49. The molecular weight excluding hydrogens is 126 g/mol. The van der Waals surface area contributed by atoms with Crippen LogP contribution < -0.4 is 0 Å². The van der Waals surface area contributed by atoms with E-state index in [0.29, 0.717) is 6.10 Å². The lowest BCUT2D eigenvalue weighted by Gasteiger charge is -2.51. The molecule has 1 aliphatic carbocycles. The second-order valence-corrected chi connectivity index (χ2v) is 3.68. The highest BCUT2D eigenvalue weighted by molar-refractivity contribution is 4.97. The number of piperidine rings is 2. The Kier molecular flexibility index (Phi) is 1.46. The zero-order valence-electron chi connectivity index (χ0n) is 6.71. The van der Waals surface area contributed by atoms with Crippen molar-refractivity contribution in [2.45, 2.75) is 12.5 Å². The molecule has 2 heterocycles. The highest BCUT2D eigenvalue weighted by Crippen LogP contribution is 2.40. The number of ether oxygens (including phenoxy) is 1. The highest BCUT2D eigenvalue weighted by Gasteiger charge is 2.45. The maximum atomic E-state index is 5.37. The summed E-state index contributed by atoms with van der Waals surface area (Å²) in [6, 6.07) is 0. The Morgan fingerprint density at radius 1 is 1.30 bits per heavy atom. The Bertz CT molecular complexity index is 125. The maximum absolute atomic E-state index is 5.37. The summed E-state index contributed by atoms with van der Waals surface area (Å²) in [7, 11) is 4.04. The smallest absolute Gasteiger partial charge is 0.0652 e. The minimum Gasteiger partial charge on any atom is -0.381 e. The van der Waals surface area contributed by atoms with E-state index in [0.717, 1.165) is 11.8 Å². The summed E-state index contributed by atoms with van der Waals surface area (Å²) in [5.41, 5.74) is 0. The maximum Gasteiger partial charge on any atom is 0.0652 e. The molecule has 2 heteroatoms. The minimum absolute atomic E-state index is 0.594. The molecule has 1 unspecified atom stereocenters. The van der Waals surface area contributed by atoms with E-state index in [1.165, 1.54) is 19.5 Å². The average molecular weight is 141 g/mol. The van der Waals surface area contributed by atoms with Crippen molar-refractivity contribution < 1.29 is 4.74 Å². The predicted octanol–water partition coefficient (Wildman–Crippen LogP) is 0.583. The standard InChI is InChI=1S/C8H15NO/c1-9-4-6-3-7(5-9)8(6)10-2/h6-8H,3-5H2,1-2H3/t6-,7+,8?. The molecule has 3 rings (SSSR count). The van der Waals surface area contributed by atoms with Crippen LogP contribution in [0.3, 0.4) is 0 Å². The van der Waals surface area contributed by atoms with Crippen LogP contribution in [0, 0.1) is 11.8 Å². The first-order valence-electron chi connectivity index (χ1n) is 4.02. The largest absolute Gasteiger partial charge is 0.381 e. The monoisotopic (exact) mass is 141 g/mol. The van der Waals surface area contributed by atoms with E-state index >= 15 is 0 Å². The lowest BCUT2D eigenvalue weighted by Crippen LogP contribution is -2.57. The fraction of sp³-hybridized carbons (Fsp3) is 1.00. The van der Waals surface area contributed by atoms with Crippen molar-refractivity contribution in [3.05, 3.63) is 0 Å². The van der Waals surface area contributed by atoms with E-state index < -0.39 is 0 Å². The van der Waals surface area contributed by atoms with E-state index in [9.17, 15) is 0 Å². The molecule has 3 aliphatic rings. The zero-order valence-corrected chi connectivity index (χ0v) is 6.71. The van der Waals surface area contributed by atoms with Crippen molar-refractivity contribution in [1.82, 2.24) is 4.90 Å². The van der Waals surface area contributed by atoms with Gasteiger partial charge in [0, 0.05) is 20.2 Å². The summed E-state index contributed by atoms with van der Waals surface area (Å²) in [4.78, 5) is 2.41. The summed E-state index contributed by atoms with van der Waals surface area (Å²) in [6.07, 6.45) is 2.00. The molecule has 0 radical (unpaired) electrons. The van der Waals surface area contributed by atoms with Gasteiger partial charge in [0.1, 0.15) is 0 Å². The van der Waals surface area contributed by atoms with Crippen molar-refractivity contribution in [2.75, 3.05) is 27.2 Å².